The first-order chi connectivity index (χ1) is 19.7. The lowest BCUT2D eigenvalue weighted by atomic mass is 9.95. The number of anilines is 1. The number of thioether (sulfide) groups is 1. The third kappa shape index (κ3) is 7.61. The number of nitrogens with zero attached hydrogens (tertiary/aromatic N) is 4. The van der Waals surface area contributed by atoms with Crippen molar-refractivity contribution < 1.29 is 14.3 Å². The number of aromatic nitrogens is 1. The van der Waals surface area contributed by atoms with Crippen LogP contribution >= 0.6 is 24.0 Å². The molecule has 1 unspecified atom stereocenters. The van der Waals surface area contributed by atoms with Gasteiger partial charge in [0, 0.05) is 31.7 Å². The normalized spacial score (nSPS) is 17.8. The number of thiocarbonyl (C=S) groups is 1. The van der Waals surface area contributed by atoms with Gasteiger partial charge < -0.3 is 9.64 Å². The van der Waals surface area contributed by atoms with E-state index in [2.05, 4.69) is 31.7 Å². The van der Waals surface area contributed by atoms with E-state index in [1.807, 2.05) is 13.0 Å². The van der Waals surface area contributed by atoms with Crippen molar-refractivity contribution in [3.63, 3.8) is 0 Å². The minimum atomic E-state index is -0.313. The molecule has 0 aromatic carbocycles. The third-order valence-electron chi connectivity index (χ3n) is 8.13. The Morgan fingerprint density at radius 1 is 1.17 bits per heavy atom. The number of nitriles is 1. The summed E-state index contributed by atoms with van der Waals surface area (Å²) in [4.78, 5) is 44.0. The molecule has 2 aliphatic rings. The fourth-order valence-corrected chi connectivity index (χ4v) is 6.82. The van der Waals surface area contributed by atoms with Gasteiger partial charge in [0.25, 0.3) is 11.5 Å². The van der Waals surface area contributed by atoms with Gasteiger partial charge in [0.15, 0.2) is 0 Å². The van der Waals surface area contributed by atoms with E-state index in [4.69, 9.17) is 17.0 Å². The molecule has 224 valence electrons. The van der Waals surface area contributed by atoms with Crippen LogP contribution in [0.5, 0.6) is 0 Å². The van der Waals surface area contributed by atoms with E-state index < -0.39 is 0 Å². The second-order valence-corrected chi connectivity index (χ2v) is 12.6. The molecule has 3 heterocycles. The molecule has 2 aliphatic heterocycles. The van der Waals surface area contributed by atoms with Gasteiger partial charge in [0.05, 0.1) is 17.4 Å². The number of amides is 1. The van der Waals surface area contributed by atoms with Crippen LogP contribution in [0.25, 0.3) is 6.08 Å². The number of piperidine rings is 1. The van der Waals surface area contributed by atoms with Crippen LogP contribution in [0.15, 0.2) is 9.70 Å². The van der Waals surface area contributed by atoms with Gasteiger partial charge in [-0.05, 0) is 57.1 Å². The number of carbonyl (C=O) groups is 2. The van der Waals surface area contributed by atoms with E-state index in [0.29, 0.717) is 77.7 Å². The van der Waals surface area contributed by atoms with Crippen LogP contribution in [-0.4, -0.2) is 51.9 Å². The van der Waals surface area contributed by atoms with E-state index in [-0.39, 0.29) is 28.9 Å². The van der Waals surface area contributed by atoms with Gasteiger partial charge in [-0.1, -0.05) is 70.4 Å². The van der Waals surface area contributed by atoms with Gasteiger partial charge in [0.1, 0.15) is 21.8 Å². The molecule has 1 atom stereocenters. The summed E-state index contributed by atoms with van der Waals surface area (Å²) < 4.78 is 7.50. The van der Waals surface area contributed by atoms with Gasteiger partial charge in [-0.2, -0.15) is 5.26 Å². The lowest BCUT2D eigenvalue weighted by molar-refractivity contribution is -0.148. The molecule has 0 saturated carbocycles. The first kappa shape index (κ1) is 32.9. The second kappa shape index (κ2) is 15.5. The zero-order chi connectivity index (χ0) is 30.1. The highest BCUT2D eigenvalue weighted by molar-refractivity contribution is 8.26. The van der Waals surface area contributed by atoms with E-state index in [9.17, 15) is 19.6 Å². The van der Waals surface area contributed by atoms with Gasteiger partial charge in [-0.15, -0.1) is 0 Å². The average Bonchev–Trinajstić information content (AvgIpc) is 3.23. The summed E-state index contributed by atoms with van der Waals surface area (Å²) in [5, 5.41) is 9.97. The molecule has 0 radical (unpaired) electrons. The summed E-state index contributed by atoms with van der Waals surface area (Å²) >= 11 is 6.94. The van der Waals surface area contributed by atoms with Gasteiger partial charge in [-0.25, -0.2) is 0 Å². The number of carbonyl (C=O) groups excluding carboxylic acids is 2. The molecule has 3 rings (SSSR count). The molecular formula is C31H44N4O4S2. The van der Waals surface area contributed by atoms with E-state index >= 15 is 0 Å². The molecule has 41 heavy (non-hydrogen) atoms. The van der Waals surface area contributed by atoms with Crippen molar-refractivity contribution in [3.8, 4) is 6.07 Å². The Labute approximate surface area is 254 Å². The summed E-state index contributed by atoms with van der Waals surface area (Å²) in [5.41, 5.74) is 1.05. The minimum absolute atomic E-state index is 0.0959. The summed E-state index contributed by atoms with van der Waals surface area (Å²) in [7, 11) is 0. The lowest BCUT2D eigenvalue weighted by Gasteiger charge is -2.35. The Hall–Kier alpha value is -2.64. The standard InChI is InChI=1S/C31H44N4O4S2/c1-6-10-12-22(8-3)20-35-29(37)26(41-31(35)40)18-24-21(5)25(19-32)28(36)34(15-11-7-2)27(24)33-16-13-23(14-17-33)30(38)39-9-4/h18,22-23H,6-17,20H2,1-5H3/b26-18-. The van der Waals surface area contributed by atoms with Crippen LogP contribution < -0.4 is 10.5 Å². The average molecular weight is 601 g/mol. The monoisotopic (exact) mass is 600 g/mol. The quantitative estimate of drug-likeness (QED) is 0.154. The summed E-state index contributed by atoms with van der Waals surface area (Å²) in [6.07, 6.45) is 8.98. The highest BCUT2D eigenvalue weighted by atomic mass is 32.2. The maximum Gasteiger partial charge on any atom is 0.309 e. The largest absolute Gasteiger partial charge is 0.466 e. The van der Waals surface area contributed by atoms with Crippen LogP contribution in [0.4, 0.5) is 5.82 Å². The maximum atomic E-state index is 13.7. The topological polar surface area (TPSA) is 95.6 Å². The molecule has 0 N–H and O–H groups in total. The summed E-state index contributed by atoms with van der Waals surface area (Å²) in [6.45, 7) is 12.5. The Morgan fingerprint density at radius 3 is 2.44 bits per heavy atom. The summed E-state index contributed by atoms with van der Waals surface area (Å²) in [5.74, 6) is 0.615. The smallest absolute Gasteiger partial charge is 0.309 e. The Kier molecular flexibility index (Phi) is 12.5. The van der Waals surface area contributed by atoms with Crippen molar-refractivity contribution in [2.45, 2.75) is 92.5 Å². The Balaban J connectivity index is 2.06. The Morgan fingerprint density at radius 2 is 1.85 bits per heavy atom. The predicted molar refractivity (Wildman–Crippen MR) is 170 cm³/mol. The van der Waals surface area contributed by atoms with Crippen LogP contribution in [0.3, 0.4) is 0 Å². The SMILES string of the molecule is CCCCC(CC)CN1C(=O)/C(=C/c2c(C)c(C#N)c(=O)n(CCCC)c2N2CCC(C(=O)OCC)CC2)SC1=S. The van der Waals surface area contributed by atoms with Crippen molar-refractivity contribution in [2.75, 3.05) is 31.1 Å². The van der Waals surface area contributed by atoms with E-state index in [0.717, 1.165) is 38.5 Å². The summed E-state index contributed by atoms with van der Waals surface area (Å²) in [6, 6.07) is 2.12. The van der Waals surface area contributed by atoms with E-state index in [1.165, 1.54) is 11.8 Å². The molecule has 0 spiro atoms. The zero-order valence-corrected chi connectivity index (χ0v) is 26.8. The molecule has 2 fully saturated rings. The molecular weight excluding hydrogens is 556 g/mol. The van der Waals surface area contributed by atoms with Gasteiger partial charge in [0.2, 0.25) is 0 Å². The number of unbranched alkanes of at least 4 members (excludes halogenated alkanes) is 2. The molecule has 1 aromatic rings. The van der Waals surface area contributed by atoms with E-state index in [1.54, 1.807) is 16.4 Å². The fraction of sp³-hybridized carbons (Fsp3) is 0.645. The lowest BCUT2D eigenvalue weighted by Crippen LogP contribution is -2.41. The van der Waals surface area contributed by atoms with Crippen molar-refractivity contribution in [1.29, 1.82) is 5.26 Å². The second-order valence-electron chi connectivity index (χ2n) is 10.9. The van der Waals surface area contributed by atoms with Crippen molar-refractivity contribution in [3.05, 3.63) is 31.9 Å². The third-order valence-corrected chi connectivity index (χ3v) is 9.51. The van der Waals surface area contributed by atoms with Crippen molar-refractivity contribution >= 4 is 52.1 Å². The number of hydrogen-bond acceptors (Lipinski definition) is 8. The van der Waals surface area contributed by atoms with Crippen LogP contribution in [0.2, 0.25) is 0 Å². The molecule has 10 heteroatoms. The first-order valence-electron chi connectivity index (χ1n) is 15.1. The van der Waals surface area contributed by atoms with Crippen LogP contribution in [-0.2, 0) is 20.9 Å². The maximum absolute atomic E-state index is 13.7. The Bertz CT molecular complexity index is 1260. The highest BCUT2D eigenvalue weighted by Crippen LogP contribution is 2.37. The number of esters is 1. The number of rotatable bonds is 13. The minimum Gasteiger partial charge on any atom is -0.466 e. The fourth-order valence-electron chi connectivity index (χ4n) is 5.56. The molecule has 1 amide bonds. The van der Waals surface area contributed by atoms with Crippen LogP contribution in [0.1, 0.15) is 95.8 Å². The number of ether oxygens (including phenoxy) is 1. The highest BCUT2D eigenvalue weighted by Gasteiger charge is 2.35. The molecule has 0 bridgehead atoms. The first-order valence-corrected chi connectivity index (χ1v) is 16.3. The molecule has 0 aliphatic carbocycles. The van der Waals surface area contributed by atoms with Gasteiger partial charge >= 0.3 is 5.97 Å². The molecule has 1 aromatic heterocycles. The van der Waals surface area contributed by atoms with Gasteiger partial charge in [-0.3, -0.25) is 23.9 Å². The zero-order valence-electron chi connectivity index (χ0n) is 25.2. The molecule has 2 saturated heterocycles. The number of hydrogen-bond donors (Lipinski definition) is 0. The number of pyridine rings is 1. The van der Waals surface area contributed by atoms with Crippen LogP contribution in [0, 0.1) is 30.1 Å². The predicted octanol–water partition coefficient (Wildman–Crippen LogP) is 6.03. The van der Waals surface area contributed by atoms with Crippen molar-refractivity contribution in [1.82, 2.24) is 9.47 Å². The molecule has 8 nitrogen and oxygen atoms in total. The van der Waals surface area contributed by atoms with Crippen molar-refractivity contribution in [2.24, 2.45) is 11.8 Å².